The maximum absolute atomic E-state index is 14.4. The number of hydrogen-bond acceptors (Lipinski definition) is 24. The predicted octanol–water partition coefficient (Wildman–Crippen LogP) is -6.83. The molecule has 0 unspecified atom stereocenters. The zero-order chi connectivity index (χ0) is 83.7. The number of phosphoric acid groups is 1. The molecule has 46 heteroatoms. The Morgan fingerprint density at radius 2 is 0.882 bits per heavy atom. The van der Waals surface area contributed by atoms with Gasteiger partial charge in [0.2, 0.25) is 70.9 Å². The minimum Gasteiger partial charge on any atom is -0.481 e. The molecule has 0 saturated heterocycles. The van der Waals surface area contributed by atoms with E-state index in [0.717, 1.165) is 25.6 Å². The molecule has 1 aromatic rings. The maximum Gasteiger partial charge on any atom is 0.469 e. The van der Waals surface area contributed by atoms with E-state index in [1.165, 1.54) is 6.92 Å². The van der Waals surface area contributed by atoms with Crippen LogP contribution in [0.2, 0.25) is 0 Å². The summed E-state index contributed by atoms with van der Waals surface area (Å²) in [5, 5.41) is 84.4. The van der Waals surface area contributed by atoms with Gasteiger partial charge in [0.15, 0.2) is 5.96 Å². The van der Waals surface area contributed by atoms with Gasteiger partial charge in [-0.05, 0) is 108 Å². The molecule has 29 N–H and O–H groups in total. The second-order valence-corrected chi connectivity index (χ2v) is 27.6. The van der Waals surface area contributed by atoms with Crippen molar-refractivity contribution in [2.24, 2.45) is 39.6 Å². The quantitative estimate of drug-likeness (QED) is 0.0125. The number of phosphoric ester groups is 1. The summed E-state index contributed by atoms with van der Waals surface area (Å²) < 4.78 is 16.6. The summed E-state index contributed by atoms with van der Waals surface area (Å²) in [7, 11) is -5.45. The van der Waals surface area contributed by atoms with E-state index in [-0.39, 0.29) is 69.7 Å². The number of carboxylic acid groups (broad SMARTS) is 5. The normalized spacial score (nSPS) is 15.3. The molecule has 0 bridgehead atoms. The molecule has 44 nitrogen and oxygen atoms in total. The molecular formula is C64H104N17O27PS. The van der Waals surface area contributed by atoms with Gasteiger partial charge in [0, 0.05) is 38.6 Å². The number of amides is 12. The first kappa shape index (κ1) is 97.8. The van der Waals surface area contributed by atoms with Crippen molar-refractivity contribution in [3.05, 3.63) is 35.9 Å². The number of primary amides is 1. The topological polar surface area (TPSA) is 753 Å². The number of unbranched alkanes of at least 4 members (excludes halogenated alkanes) is 1. The van der Waals surface area contributed by atoms with Crippen LogP contribution in [0.25, 0.3) is 0 Å². The Balaban J connectivity index is 3.77. The van der Waals surface area contributed by atoms with Crippen molar-refractivity contribution >= 4 is 126 Å². The van der Waals surface area contributed by atoms with E-state index in [2.05, 4.69) is 57.4 Å². The molecule has 0 aliphatic carbocycles. The van der Waals surface area contributed by atoms with E-state index < -0.39 is 257 Å². The summed E-state index contributed by atoms with van der Waals surface area (Å²) in [6.45, 7) is 5.38. The lowest BCUT2D eigenvalue weighted by molar-refractivity contribution is -0.143. The molecule has 0 spiro atoms. The number of thioether (sulfide) groups is 1. The number of aliphatic hydroxyl groups is 1. The second kappa shape index (κ2) is 50.5. The Hall–Kier alpha value is -10.2. The molecule has 110 heavy (non-hydrogen) atoms. The third kappa shape index (κ3) is 39.3. The number of nitrogens with one attached hydrogen (secondary N) is 11. The molecular weight excluding hydrogens is 1500 g/mol. The number of carbonyl (C=O) groups excluding carboxylic acids is 12. The van der Waals surface area contributed by atoms with Gasteiger partial charge in [-0.1, -0.05) is 50.6 Å². The number of guanidine groups is 1. The molecule has 0 aromatic heterocycles. The Morgan fingerprint density at radius 3 is 1.31 bits per heavy atom. The van der Waals surface area contributed by atoms with E-state index in [4.69, 9.17) is 28.7 Å². The lowest BCUT2D eigenvalue weighted by Gasteiger charge is -2.30. The van der Waals surface area contributed by atoms with Crippen LogP contribution in [0, 0.1) is 5.92 Å². The van der Waals surface area contributed by atoms with E-state index >= 15 is 0 Å². The zero-order valence-electron chi connectivity index (χ0n) is 61.2. The highest BCUT2D eigenvalue weighted by Crippen LogP contribution is 2.38. The number of aliphatic carboxylic acids is 5. The Bertz CT molecular complexity index is 3410. The smallest absolute Gasteiger partial charge is 0.469 e. The minimum atomic E-state index is -5.45. The fourth-order valence-electron chi connectivity index (χ4n) is 10.2. The summed E-state index contributed by atoms with van der Waals surface area (Å²) in [6.07, 6.45) is -10.1. The zero-order valence-corrected chi connectivity index (χ0v) is 62.9. The number of nitrogens with zero attached hydrogens (tertiary/aromatic N) is 1. The van der Waals surface area contributed by atoms with Gasteiger partial charge < -0.3 is 128 Å². The molecule has 0 aliphatic rings. The van der Waals surface area contributed by atoms with Crippen LogP contribution in [0.3, 0.4) is 0 Å². The first-order chi connectivity index (χ1) is 51.4. The average Bonchev–Trinajstić information content (AvgIpc) is 0.848. The van der Waals surface area contributed by atoms with Crippen molar-refractivity contribution in [2.45, 2.75) is 222 Å². The molecule has 0 fully saturated rings. The largest absolute Gasteiger partial charge is 0.481 e. The van der Waals surface area contributed by atoms with Crippen molar-refractivity contribution < 1.29 is 131 Å². The van der Waals surface area contributed by atoms with Gasteiger partial charge in [-0.3, -0.25) is 86.2 Å². The van der Waals surface area contributed by atoms with Crippen LogP contribution in [-0.2, 0) is 97.0 Å². The third-order valence-corrected chi connectivity index (χ3v) is 17.6. The van der Waals surface area contributed by atoms with E-state index in [1.807, 2.05) is 10.6 Å². The van der Waals surface area contributed by atoms with Crippen LogP contribution in [0.4, 0.5) is 0 Å². The van der Waals surface area contributed by atoms with Crippen molar-refractivity contribution in [3.63, 3.8) is 0 Å². The number of aliphatic imine (C=N–C) groups is 1. The average molecular weight is 1610 g/mol. The summed E-state index contributed by atoms with van der Waals surface area (Å²) >= 11 is 1.10. The molecule has 1 rings (SSSR count). The Labute approximate surface area is 635 Å². The molecule has 15 atom stereocenters. The number of carboxylic acids is 5. The van der Waals surface area contributed by atoms with Gasteiger partial charge in [0.1, 0.15) is 66.5 Å². The molecule has 12 amide bonds. The van der Waals surface area contributed by atoms with Crippen LogP contribution < -0.4 is 87.2 Å². The summed E-state index contributed by atoms with van der Waals surface area (Å²) in [4.78, 5) is 250. The second-order valence-electron chi connectivity index (χ2n) is 25.4. The fourth-order valence-corrected chi connectivity index (χ4v) is 11.2. The van der Waals surface area contributed by atoms with Crippen LogP contribution in [0.5, 0.6) is 0 Å². The van der Waals surface area contributed by atoms with Crippen molar-refractivity contribution in [3.8, 4) is 0 Å². The highest BCUT2D eigenvalue weighted by Gasteiger charge is 2.41. The van der Waals surface area contributed by atoms with E-state index in [0.29, 0.717) is 12.0 Å². The van der Waals surface area contributed by atoms with Crippen molar-refractivity contribution in [1.29, 1.82) is 0 Å². The number of benzene rings is 1. The monoisotopic (exact) mass is 1610 g/mol. The first-order valence-corrected chi connectivity index (χ1v) is 37.6. The number of carbonyl (C=O) groups is 17. The Kier molecular flexibility index (Phi) is 44.9. The number of hydrogen-bond donors (Lipinski definition) is 24. The van der Waals surface area contributed by atoms with Gasteiger partial charge >= 0.3 is 37.7 Å². The van der Waals surface area contributed by atoms with E-state index in [1.54, 1.807) is 43.5 Å². The highest BCUT2D eigenvalue weighted by atomic mass is 32.2. The number of aliphatic hydroxyl groups excluding tert-OH is 1. The molecule has 618 valence electrons. The molecule has 0 aliphatic heterocycles. The standard InChI is InChI=1S/C64H104N17O27PS/c1-6-31(2)49(79-61(101)50(32(3)82)80-59(99)42(29-34-13-8-7-9-14-34)77-52(92)35(66)15-12-27-70-64(68)69)60(100)75-36(17-21-44(67)83)53(93)72-39(20-24-47(88)89)56(96)78-43(30-48(90)91)58(98)73-38(19-23-46(86)87)54(94)71-37(18-22-45(84)85)55(95)74-40(25-28-110-5)57(97)81-51(33(4)108-109(105,106)107)62(102)76-41(63(103)104)16-10-11-26-65/h7-9,13-14,31-33,35-43,49-51,82H,6,10-12,15-30,65-66H2,1-5H3,(H2,67,83)(H,71,94)(H,72,93)(H,73,98)(H,74,95)(H,75,100)(H,76,102)(H,77,92)(H,78,96)(H,79,101)(H,80,99)(H,81,97)(H,84,85)(H,86,87)(H,88,89)(H,90,91)(H,103,104)(H4,68,69,70)(H2,105,106,107)/t31-,32+,33+,35-,36-,37-,38-,39-,40-,41-,42-,43-,49-,50-,51-/m0/s1. The van der Waals surface area contributed by atoms with Gasteiger partial charge in [-0.15, -0.1) is 0 Å². The van der Waals surface area contributed by atoms with Gasteiger partial charge in [-0.25, -0.2) is 9.36 Å². The summed E-state index contributed by atoms with van der Waals surface area (Å²) in [6, 6.07) is -13.9. The summed E-state index contributed by atoms with van der Waals surface area (Å²) in [5.74, 6) is -24.4. The van der Waals surface area contributed by atoms with Crippen LogP contribution in [0.15, 0.2) is 35.3 Å². The number of rotatable bonds is 56. The maximum atomic E-state index is 14.4. The van der Waals surface area contributed by atoms with Crippen molar-refractivity contribution in [1.82, 2.24) is 58.5 Å². The highest BCUT2D eigenvalue weighted by molar-refractivity contribution is 7.98. The third-order valence-electron chi connectivity index (χ3n) is 16.4. The van der Waals surface area contributed by atoms with Gasteiger partial charge in [0.05, 0.1) is 24.7 Å². The Morgan fingerprint density at radius 1 is 0.482 bits per heavy atom. The lowest BCUT2D eigenvalue weighted by Crippen LogP contribution is -2.62. The molecule has 0 heterocycles. The van der Waals surface area contributed by atoms with Gasteiger partial charge in [0.25, 0.3) is 0 Å². The molecule has 1 aromatic carbocycles. The molecule has 0 saturated carbocycles. The predicted molar refractivity (Wildman–Crippen MR) is 388 cm³/mol. The molecule has 0 radical (unpaired) electrons. The number of nitrogens with two attached hydrogens (primary N) is 5. The fraction of sp³-hybridized carbons (Fsp3) is 0.625. The first-order valence-electron chi connectivity index (χ1n) is 34.6. The van der Waals surface area contributed by atoms with Crippen molar-refractivity contribution in [2.75, 3.05) is 25.1 Å². The minimum absolute atomic E-state index is 0.0202. The van der Waals surface area contributed by atoms with Gasteiger partial charge in [-0.2, -0.15) is 11.8 Å². The lowest BCUT2D eigenvalue weighted by atomic mass is 9.96. The van der Waals surface area contributed by atoms with E-state index in [9.17, 15) is 126 Å². The van der Waals surface area contributed by atoms with Crippen LogP contribution >= 0.6 is 19.6 Å². The SMILES string of the molecule is CC[C@H](C)[C@H](NC(=O)[C@@H](NC(=O)[C@H](Cc1ccccc1)NC(=O)[C@@H](N)CCCN=C(N)N)[C@@H](C)O)C(=O)N[C@@H](CCC(N)=O)C(=O)N[C@@H](CCC(=O)O)C(=O)N[C@@H](CC(=O)O)C(=O)N[C@@H](CCC(=O)O)C(=O)N[C@@H](CCC(=O)O)C(=O)N[C@@H](CCSC)C(=O)N[C@H](C(=O)N[C@@H](CCCCN)C(=O)O)[C@@H](C)OP(=O)(O)O. The van der Waals surface area contributed by atoms with Crippen LogP contribution in [0.1, 0.15) is 136 Å². The summed E-state index contributed by atoms with van der Waals surface area (Å²) in [5.41, 5.74) is 28.3. The van der Waals surface area contributed by atoms with Crippen LogP contribution in [-0.4, -0.2) is 257 Å².